The van der Waals surface area contributed by atoms with E-state index in [2.05, 4.69) is 4.90 Å². The number of hydrogen-bond donors (Lipinski definition) is 0. The molecule has 114 valence electrons. The van der Waals surface area contributed by atoms with Gasteiger partial charge < -0.3 is 9.47 Å². The third-order valence-corrected chi connectivity index (χ3v) is 4.90. The summed E-state index contributed by atoms with van der Waals surface area (Å²) < 4.78 is 11.1. The lowest BCUT2D eigenvalue weighted by atomic mass is 10.2. The van der Waals surface area contributed by atoms with Gasteiger partial charge in [0.1, 0.15) is 5.76 Å². The Morgan fingerprint density at radius 2 is 2.05 bits per heavy atom. The number of morpholine rings is 1. The van der Waals surface area contributed by atoms with E-state index in [1.54, 1.807) is 0 Å². The van der Waals surface area contributed by atoms with Gasteiger partial charge in [-0.15, -0.1) is 0 Å². The highest BCUT2D eigenvalue weighted by Gasteiger charge is 2.28. The minimum atomic E-state index is 0.166. The van der Waals surface area contributed by atoms with Crippen LogP contribution in [0.15, 0.2) is 11.3 Å². The Kier molecular flexibility index (Phi) is 6.39. The van der Waals surface area contributed by atoms with Gasteiger partial charge >= 0.3 is 0 Å². The maximum absolute atomic E-state index is 11.5. The Morgan fingerprint density at radius 1 is 1.30 bits per heavy atom. The molecule has 1 atom stereocenters. The summed E-state index contributed by atoms with van der Waals surface area (Å²) in [6, 6.07) is 0. The molecule has 4 nitrogen and oxygen atoms in total. The van der Waals surface area contributed by atoms with Crippen LogP contribution in [0.3, 0.4) is 0 Å². The highest BCUT2D eigenvalue weighted by molar-refractivity contribution is 8.15. The Hall–Kier alpha value is -0.520. The van der Waals surface area contributed by atoms with Crippen molar-refractivity contribution in [1.82, 2.24) is 4.90 Å². The van der Waals surface area contributed by atoms with Crippen LogP contribution in [-0.4, -0.2) is 54.7 Å². The zero-order valence-corrected chi connectivity index (χ0v) is 13.3. The molecular formula is C15H25NO3S. The molecule has 2 aliphatic heterocycles. The first-order valence-electron chi connectivity index (χ1n) is 7.53. The average Bonchev–Trinajstić information content (AvgIpc) is 2.69. The molecule has 0 spiro atoms. The maximum Gasteiger partial charge on any atom is 0.219 e. The normalized spacial score (nSPS) is 24.5. The summed E-state index contributed by atoms with van der Waals surface area (Å²) in [5.74, 6) is 0.896. The van der Waals surface area contributed by atoms with Gasteiger partial charge in [0.05, 0.1) is 25.1 Å². The van der Waals surface area contributed by atoms with E-state index in [1.807, 2.05) is 13.8 Å². The van der Waals surface area contributed by atoms with E-state index in [0.29, 0.717) is 0 Å². The van der Waals surface area contributed by atoms with E-state index >= 15 is 0 Å². The zero-order chi connectivity index (χ0) is 14.4. The van der Waals surface area contributed by atoms with Gasteiger partial charge in [-0.05, 0) is 39.7 Å². The largest absolute Gasteiger partial charge is 0.496 e. The van der Waals surface area contributed by atoms with Gasteiger partial charge in [0.2, 0.25) is 5.12 Å². The van der Waals surface area contributed by atoms with Crippen molar-refractivity contribution >= 4 is 16.9 Å². The molecular weight excluding hydrogens is 274 g/mol. The first-order chi connectivity index (χ1) is 9.68. The van der Waals surface area contributed by atoms with Gasteiger partial charge in [0.25, 0.3) is 0 Å². The minimum absolute atomic E-state index is 0.166. The van der Waals surface area contributed by atoms with E-state index in [-0.39, 0.29) is 10.4 Å². The van der Waals surface area contributed by atoms with Gasteiger partial charge in [0, 0.05) is 18.7 Å². The molecule has 2 aliphatic rings. The molecule has 5 heteroatoms. The Labute approximate surface area is 125 Å². The van der Waals surface area contributed by atoms with Gasteiger partial charge in [-0.3, -0.25) is 9.69 Å². The van der Waals surface area contributed by atoms with Crippen molar-refractivity contribution in [3.05, 3.63) is 11.3 Å². The van der Waals surface area contributed by atoms with E-state index < -0.39 is 0 Å². The first kappa shape index (κ1) is 15.9. The molecule has 2 heterocycles. The molecule has 0 bridgehead atoms. The van der Waals surface area contributed by atoms with E-state index in [9.17, 15) is 4.79 Å². The van der Waals surface area contributed by atoms with Gasteiger partial charge in [0.15, 0.2) is 0 Å². The molecule has 1 fully saturated rings. The number of hydrogen-bond acceptors (Lipinski definition) is 5. The van der Waals surface area contributed by atoms with Crippen molar-refractivity contribution in [2.75, 3.05) is 39.5 Å². The average molecular weight is 299 g/mol. The number of nitrogens with zero attached hydrogens (tertiary/aromatic N) is 1. The Morgan fingerprint density at radius 3 is 2.70 bits per heavy atom. The predicted octanol–water partition coefficient (Wildman–Crippen LogP) is 2.44. The minimum Gasteiger partial charge on any atom is -0.496 e. The van der Waals surface area contributed by atoms with Crippen LogP contribution in [0, 0.1) is 0 Å². The third-order valence-electron chi connectivity index (χ3n) is 3.81. The van der Waals surface area contributed by atoms with Gasteiger partial charge in [-0.1, -0.05) is 11.8 Å². The molecule has 1 unspecified atom stereocenters. The van der Waals surface area contributed by atoms with Crippen LogP contribution in [0.2, 0.25) is 0 Å². The van der Waals surface area contributed by atoms with Gasteiger partial charge in [-0.25, -0.2) is 0 Å². The summed E-state index contributed by atoms with van der Waals surface area (Å²) in [5, 5.41) is 0.357. The second-order valence-corrected chi connectivity index (χ2v) is 6.71. The standard InChI is InChI=1S/C15H25NO3S/c1-12-14(13(2)20-15(12)17)19-9-5-3-4-6-16-7-10-18-11-8-16/h13H,3-11H2,1-2H3. The highest BCUT2D eigenvalue weighted by atomic mass is 32.2. The number of thioether (sulfide) groups is 1. The second-order valence-electron chi connectivity index (χ2n) is 5.40. The zero-order valence-electron chi connectivity index (χ0n) is 12.5. The van der Waals surface area contributed by atoms with Crippen molar-refractivity contribution in [3.63, 3.8) is 0 Å². The lowest BCUT2D eigenvalue weighted by Crippen LogP contribution is -2.36. The summed E-state index contributed by atoms with van der Waals surface area (Å²) in [6.45, 7) is 9.68. The number of carbonyl (C=O) groups is 1. The first-order valence-corrected chi connectivity index (χ1v) is 8.41. The SMILES string of the molecule is CC1=C(OCCCCCN2CCOCC2)C(C)SC1=O. The van der Waals surface area contributed by atoms with Crippen molar-refractivity contribution in [1.29, 1.82) is 0 Å². The number of ether oxygens (including phenoxy) is 2. The van der Waals surface area contributed by atoms with Crippen LogP contribution in [0.5, 0.6) is 0 Å². The molecule has 0 N–H and O–H groups in total. The monoisotopic (exact) mass is 299 g/mol. The van der Waals surface area contributed by atoms with Crippen molar-refractivity contribution in [2.45, 2.75) is 38.4 Å². The van der Waals surface area contributed by atoms with Crippen LogP contribution in [-0.2, 0) is 14.3 Å². The fourth-order valence-corrected chi connectivity index (χ4v) is 3.51. The lowest BCUT2D eigenvalue weighted by Gasteiger charge is -2.26. The smallest absolute Gasteiger partial charge is 0.219 e. The summed E-state index contributed by atoms with van der Waals surface area (Å²) in [5.41, 5.74) is 0.802. The molecule has 0 aromatic rings. The molecule has 0 amide bonds. The molecule has 2 rings (SSSR count). The summed E-state index contributed by atoms with van der Waals surface area (Å²) >= 11 is 1.37. The van der Waals surface area contributed by atoms with Crippen molar-refractivity contribution in [3.8, 4) is 0 Å². The van der Waals surface area contributed by atoms with Crippen LogP contribution in [0.1, 0.15) is 33.1 Å². The predicted molar refractivity (Wildman–Crippen MR) is 81.8 cm³/mol. The fraction of sp³-hybridized carbons (Fsp3) is 0.800. The second kappa shape index (κ2) is 8.05. The molecule has 0 aromatic heterocycles. The lowest BCUT2D eigenvalue weighted by molar-refractivity contribution is -0.107. The Balaban J connectivity index is 1.54. The van der Waals surface area contributed by atoms with Crippen LogP contribution in [0.4, 0.5) is 0 Å². The molecule has 20 heavy (non-hydrogen) atoms. The number of unbranched alkanes of at least 4 members (excludes halogenated alkanes) is 2. The number of rotatable bonds is 7. The Bertz CT molecular complexity index is 364. The molecule has 0 saturated carbocycles. The quantitative estimate of drug-likeness (QED) is 0.675. The molecule has 0 radical (unpaired) electrons. The van der Waals surface area contributed by atoms with Gasteiger partial charge in [-0.2, -0.15) is 0 Å². The maximum atomic E-state index is 11.5. The molecule has 0 aromatic carbocycles. The van der Waals surface area contributed by atoms with Crippen molar-refractivity contribution in [2.24, 2.45) is 0 Å². The summed E-state index contributed by atoms with van der Waals surface area (Å²) in [6.07, 6.45) is 3.45. The van der Waals surface area contributed by atoms with E-state index in [0.717, 1.165) is 57.2 Å². The highest BCUT2D eigenvalue weighted by Crippen LogP contribution is 2.33. The van der Waals surface area contributed by atoms with Crippen LogP contribution >= 0.6 is 11.8 Å². The van der Waals surface area contributed by atoms with E-state index in [4.69, 9.17) is 9.47 Å². The topological polar surface area (TPSA) is 38.8 Å². The van der Waals surface area contributed by atoms with Crippen LogP contribution < -0.4 is 0 Å². The van der Waals surface area contributed by atoms with Crippen molar-refractivity contribution < 1.29 is 14.3 Å². The number of carbonyl (C=O) groups excluding carboxylic acids is 1. The van der Waals surface area contributed by atoms with Crippen LogP contribution in [0.25, 0.3) is 0 Å². The summed E-state index contributed by atoms with van der Waals surface area (Å²) in [4.78, 5) is 14.0. The summed E-state index contributed by atoms with van der Waals surface area (Å²) in [7, 11) is 0. The fourth-order valence-electron chi connectivity index (χ4n) is 2.55. The molecule has 0 aliphatic carbocycles. The third kappa shape index (κ3) is 4.50. The molecule has 1 saturated heterocycles. The van der Waals surface area contributed by atoms with E-state index in [1.165, 1.54) is 24.6 Å².